The molecule has 4 aliphatic rings. The summed E-state index contributed by atoms with van der Waals surface area (Å²) in [5.74, 6) is -3.25. The van der Waals surface area contributed by atoms with Gasteiger partial charge >= 0.3 is 17.9 Å². The van der Waals surface area contributed by atoms with Gasteiger partial charge in [0.2, 0.25) is 0 Å². The van der Waals surface area contributed by atoms with Crippen LogP contribution in [0.15, 0.2) is 24.0 Å². The molecule has 1 spiro atoms. The molecular formula is C24H27NO10. The van der Waals surface area contributed by atoms with Crippen LogP contribution in [0.4, 0.5) is 0 Å². The largest absolute Gasteiger partial charge is 0.504 e. The van der Waals surface area contributed by atoms with Gasteiger partial charge in [-0.2, -0.15) is 0 Å². The third-order valence-corrected chi connectivity index (χ3v) is 7.84. The first-order chi connectivity index (χ1) is 16.5. The monoisotopic (exact) mass is 489 g/mol. The highest BCUT2D eigenvalue weighted by Gasteiger charge is 2.72. The molecule has 188 valence electrons. The van der Waals surface area contributed by atoms with Crippen LogP contribution >= 0.6 is 0 Å². The number of carbonyl (C=O) groups excluding carboxylic acids is 2. The summed E-state index contributed by atoms with van der Waals surface area (Å²) in [6.45, 7) is 1.91. The lowest BCUT2D eigenvalue weighted by atomic mass is 9.50. The number of aliphatic carboxylic acids is 1. The first-order valence-electron chi connectivity index (χ1n) is 11.5. The number of phenolic OH excluding ortho intramolecular Hbond substituents is 1. The zero-order chi connectivity index (χ0) is 25.3. The molecule has 6 atom stereocenters. The lowest BCUT2D eigenvalue weighted by molar-refractivity contribution is -0.178. The Morgan fingerprint density at radius 2 is 2.03 bits per heavy atom. The Kier molecular flexibility index (Phi) is 5.35. The van der Waals surface area contributed by atoms with E-state index < -0.39 is 53.7 Å². The number of phenols is 1. The maximum Gasteiger partial charge on any atom is 0.352 e. The molecule has 0 unspecified atom stereocenters. The molecule has 4 N–H and O–H groups in total. The molecule has 2 aliphatic carbocycles. The maximum absolute atomic E-state index is 12.8. The Labute approximate surface area is 200 Å². The number of rotatable bonds is 6. The number of carboxylic acid groups (broad SMARTS) is 1. The fraction of sp³-hybridized carbons (Fsp3) is 0.542. The van der Waals surface area contributed by atoms with Gasteiger partial charge in [0.15, 0.2) is 29.8 Å². The minimum absolute atomic E-state index is 0.0624. The summed E-state index contributed by atoms with van der Waals surface area (Å²) in [4.78, 5) is 37.5. The number of aromatic hydroxyl groups is 1. The van der Waals surface area contributed by atoms with Crippen molar-refractivity contribution < 1.29 is 49.0 Å². The number of likely N-dealkylation sites (N-methyl/N-ethyl adjacent to an activating group) is 1. The SMILES string of the molecule is C[C@H](OC(=O)[C@@H](O)CC(=O)O)C(=O)OC1=CC[C@@]2(O)[C@H]3Cc4ccc(O)c5c4[C@@]2(CCN3C)[C@H]1O5. The topological polar surface area (TPSA) is 163 Å². The number of aliphatic hydroxyl groups excluding tert-OH is 1. The average Bonchev–Trinajstić information content (AvgIpc) is 3.15. The zero-order valence-electron chi connectivity index (χ0n) is 19.3. The van der Waals surface area contributed by atoms with Crippen molar-refractivity contribution in [1.29, 1.82) is 0 Å². The van der Waals surface area contributed by atoms with Crippen molar-refractivity contribution in [3.63, 3.8) is 0 Å². The highest BCUT2D eigenvalue weighted by atomic mass is 16.6. The van der Waals surface area contributed by atoms with Crippen LogP contribution in [0.1, 0.15) is 37.3 Å². The van der Waals surface area contributed by atoms with Crippen molar-refractivity contribution in [2.45, 2.75) is 68.0 Å². The average molecular weight is 489 g/mol. The maximum atomic E-state index is 12.8. The molecule has 2 heterocycles. The molecule has 1 aromatic rings. The van der Waals surface area contributed by atoms with E-state index in [0.29, 0.717) is 19.4 Å². The van der Waals surface area contributed by atoms with Crippen LogP contribution in [0.25, 0.3) is 0 Å². The second kappa shape index (κ2) is 7.94. The van der Waals surface area contributed by atoms with Crippen molar-refractivity contribution >= 4 is 17.9 Å². The molecule has 1 aromatic carbocycles. The number of likely N-dealkylation sites (tertiary alicyclic amines) is 1. The minimum Gasteiger partial charge on any atom is -0.504 e. The minimum atomic E-state index is -1.92. The van der Waals surface area contributed by atoms with Gasteiger partial charge < -0.3 is 39.5 Å². The fourth-order valence-electron chi connectivity index (χ4n) is 6.19. The smallest absolute Gasteiger partial charge is 0.352 e. The van der Waals surface area contributed by atoms with E-state index in [1.165, 1.54) is 6.92 Å². The van der Waals surface area contributed by atoms with Gasteiger partial charge in [-0.15, -0.1) is 0 Å². The van der Waals surface area contributed by atoms with Gasteiger partial charge in [0.25, 0.3) is 0 Å². The Balaban J connectivity index is 1.43. The van der Waals surface area contributed by atoms with Crippen LogP contribution in [0.5, 0.6) is 11.5 Å². The Morgan fingerprint density at radius 1 is 1.29 bits per heavy atom. The summed E-state index contributed by atoms with van der Waals surface area (Å²) in [5.41, 5.74) is -0.449. The molecule has 0 saturated carbocycles. The van der Waals surface area contributed by atoms with Gasteiger partial charge in [0.1, 0.15) is 5.76 Å². The summed E-state index contributed by atoms with van der Waals surface area (Å²) < 4.78 is 16.6. The number of esters is 2. The number of carbonyl (C=O) groups is 3. The molecule has 2 aliphatic heterocycles. The van der Waals surface area contributed by atoms with Crippen LogP contribution in [0, 0.1) is 0 Å². The van der Waals surface area contributed by atoms with Crippen molar-refractivity contribution in [2.75, 3.05) is 13.6 Å². The third kappa shape index (κ3) is 3.25. The number of ether oxygens (including phenoxy) is 3. The van der Waals surface area contributed by atoms with E-state index in [4.69, 9.17) is 19.3 Å². The van der Waals surface area contributed by atoms with Crippen molar-refractivity contribution in [1.82, 2.24) is 4.90 Å². The Morgan fingerprint density at radius 3 is 2.74 bits per heavy atom. The lowest BCUT2D eigenvalue weighted by Crippen LogP contribution is -2.74. The zero-order valence-corrected chi connectivity index (χ0v) is 19.3. The van der Waals surface area contributed by atoms with E-state index in [-0.39, 0.29) is 29.7 Å². The van der Waals surface area contributed by atoms with Crippen LogP contribution < -0.4 is 4.74 Å². The summed E-state index contributed by atoms with van der Waals surface area (Å²) >= 11 is 0. The van der Waals surface area contributed by atoms with Gasteiger partial charge in [-0.3, -0.25) is 4.79 Å². The van der Waals surface area contributed by atoms with E-state index in [1.54, 1.807) is 12.1 Å². The van der Waals surface area contributed by atoms with Gasteiger partial charge in [0.05, 0.1) is 17.4 Å². The molecule has 1 fully saturated rings. The van der Waals surface area contributed by atoms with E-state index in [1.807, 2.05) is 13.1 Å². The van der Waals surface area contributed by atoms with Crippen LogP contribution in [-0.2, 0) is 35.7 Å². The van der Waals surface area contributed by atoms with Gasteiger partial charge in [-0.25, -0.2) is 9.59 Å². The number of nitrogens with zero attached hydrogens (tertiary/aromatic N) is 1. The number of benzene rings is 1. The Bertz CT molecular complexity index is 1150. The van der Waals surface area contributed by atoms with E-state index in [9.17, 15) is 29.7 Å². The summed E-state index contributed by atoms with van der Waals surface area (Å²) in [6, 6.07) is 3.19. The van der Waals surface area contributed by atoms with Crippen molar-refractivity contribution in [3.05, 3.63) is 35.1 Å². The van der Waals surface area contributed by atoms with Crippen LogP contribution in [0.2, 0.25) is 0 Å². The number of aliphatic hydroxyl groups is 2. The van der Waals surface area contributed by atoms with E-state index in [0.717, 1.165) is 11.1 Å². The standard InChI is InChI=1S/C24H27NO10/c1-11(33-22(31)14(27)10-17(28)29)21(30)34-15-5-6-24(32)16-9-12-3-4-13(26)19-18(12)23(24,20(15)35-19)7-8-25(16)2/h3-5,11,14,16,20,26-27,32H,6-10H2,1-2H3,(H,28,29)/t11-,14-,16+,20-,23-,24+/m0/s1. The quantitative estimate of drug-likeness (QED) is 0.397. The predicted octanol–water partition coefficient (Wildman–Crippen LogP) is -0.0196. The first kappa shape index (κ1) is 23.6. The van der Waals surface area contributed by atoms with Crippen molar-refractivity contribution in [2.24, 2.45) is 0 Å². The second-order valence-electron chi connectivity index (χ2n) is 9.72. The van der Waals surface area contributed by atoms with Crippen LogP contribution in [0.3, 0.4) is 0 Å². The van der Waals surface area contributed by atoms with Gasteiger partial charge in [-0.05, 0) is 51.1 Å². The molecule has 0 radical (unpaired) electrons. The molecule has 0 amide bonds. The number of hydrogen-bond donors (Lipinski definition) is 4. The number of piperidine rings is 1. The molecular weight excluding hydrogens is 462 g/mol. The molecule has 2 bridgehead atoms. The van der Waals surface area contributed by atoms with Gasteiger partial charge in [-0.1, -0.05) is 6.07 Å². The molecule has 11 heteroatoms. The molecule has 1 saturated heterocycles. The fourth-order valence-corrected chi connectivity index (χ4v) is 6.19. The van der Waals surface area contributed by atoms with Crippen LogP contribution in [-0.4, -0.2) is 86.8 Å². The highest BCUT2D eigenvalue weighted by molar-refractivity contribution is 5.84. The highest BCUT2D eigenvalue weighted by Crippen LogP contribution is 2.65. The number of carboxylic acids is 1. The predicted molar refractivity (Wildman–Crippen MR) is 116 cm³/mol. The van der Waals surface area contributed by atoms with E-state index in [2.05, 4.69) is 4.90 Å². The first-order valence-corrected chi connectivity index (χ1v) is 11.5. The molecule has 5 rings (SSSR count). The summed E-state index contributed by atoms with van der Waals surface area (Å²) in [7, 11) is 1.96. The molecule has 35 heavy (non-hydrogen) atoms. The molecule has 0 aromatic heterocycles. The summed E-state index contributed by atoms with van der Waals surface area (Å²) in [6.07, 6.45) is -2.23. The van der Waals surface area contributed by atoms with Gasteiger partial charge in [0, 0.05) is 18.0 Å². The lowest BCUT2D eigenvalue weighted by Gasteiger charge is -2.61. The third-order valence-electron chi connectivity index (χ3n) is 7.84. The Hall–Kier alpha value is -3.15. The molecule has 11 nitrogen and oxygen atoms in total. The summed E-state index contributed by atoms with van der Waals surface area (Å²) in [5, 5.41) is 40.9. The van der Waals surface area contributed by atoms with E-state index >= 15 is 0 Å². The van der Waals surface area contributed by atoms with Crippen molar-refractivity contribution in [3.8, 4) is 11.5 Å². The normalized spacial score (nSPS) is 31.9. The number of hydrogen-bond acceptors (Lipinski definition) is 10. The second-order valence-corrected chi connectivity index (χ2v) is 9.72.